The minimum absolute atomic E-state index is 0.0147. The molecule has 0 aliphatic heterocycles. The Balaban J connectivity index is 2.89. The summed E-state index contributed by atoms with van der Waals surface area (Å²) in [7, 11) is -7.45. The second kappa shape index (κ2) is 6.21. The third-order valence-corrected chi connectivity index (χ3v) is 5.56. The fourth-order valence-corrected chi connectivity index (χ4v) is 3.03. The van der Waals surface area contributed by atoms with E-state index < -0.39 is 20.0 Å². The first-order valence-corrected chi connectivity index (χ1v) is 9.19. The monoisotopic (exact) mass is 320 g/mol. The third-order valence-electron chi connectivity index (χ3n) is 3.20. The van der Waals surface area contributed by atoms with Crippen LogP contribution in [-0.2, 0) is 20.0 Å². The van der Waals surface area contributed by atoms with Gasteiger partial charge in [-0.1, -0.05) is 20.8 Å². The first-order valence-electron chi connectivity index (χ1n) is 6.16. The predicted octanol–water partition coefficient (Wildman–Crippen LogP) is 0.904. The van der Waals surface area contributed by atoms with Crippen LogP contribution in [0.25, 0.3) is 0 Å². The second-order valence-electron chi connectivity index (χ2n) is 5.09. The molecule has 1 atom stereocenters. The molecule has 1 rings (SSSR count). The van der Waals surface area contributed by atoms with Crippen LogP contribution in [0, 0.1) is 11.8 Å². The molecule has 0 bridgehead atoms. The van der Waals surface area contributed by atoms with Crippen molar-refractivity contribution in [3.05, 3.63) is 24.3 Å². The SMILES string of the molecule is CC(C)C(C)CNS(=O)(=O)c1ccc(S(N)(=O)=O)cc1. The van der Waals surface area contributed by atoms with Gasteiger partial charge in [0.05, 0.1) is 9.79 Å². The van der Waals surface area contributed by atoms with E-state index in [1.54, 1.807) is 0 Å². The highest BCUT2D eigenvalue weighted by Gasteiger charge is 2.17. The van der Waals surface area contributed by atoms with Gasteiger partial charge in [-0.2, -0.15) is 0 Å². The van der Waals surface area contributed by atoms with Crippen LogP contribution in [-0.4, -0.2) is 23.4 Å². The summed E-state index contributed by atoms with van der Waals surface area (Å²) in [4.78, 5) is -0.104. The van der Waals surface area contributed by atoms with Crippen LogP contribution in [0.2, 0.25) is 0 Å². The summed E-state index contributed by atoms with van der Waals surface area (Å²) in [5, 5.41) is 4.95. The summed E-state index contributed by atoms with van der Waals surface area (Å²) in [6, 6.07) is 4.80. The van der Waals surface area contributed by atoms with Gasteiger partial charge in [0.2, 0.25) is 20.0 Å². The minimum atomic E-state index is -3.82. The van der Waals surface area contributed by atoms with Crippen LogP contribution in [0.4, 0.5) is 0 Å². The largest absolute Gasteiger partial charge is 0.240 e. The van der Waals surface area contributed by atoms with Gasteiger partial charge in [0.25, 0.3) is 0 Å². The van der Waals surface area contributed by atoms with Crippen molar-refractivity contribution in [1.29, 1.82) is 0 Å². The molecule has 6 nitrogen and oxygen atoms in total. The third kappa shape index (κ3) is 4.55. The van der Waals surface area contributed by atoms with E-state index in [1.807, 2.05) is 20.8 Å². The lowest BCUT2D eigenvalue weighted by atomic mass is 9.99. The molecule has 1 unspecified atom stereocenters. The molecule has 114 valence electrons. The van der Waals surface area contributed by atoms with Gasteiger partial charge in [0, 0.05) is 6.54 Å². The van der Waals surface area contributed by atoms with Crippen molar-refractivity contribution in [3.8, 4) is 0 Å². The fourth-order valence-electron chi connectivity index (χ4n) is 1.37. The van der Waals surface area contributed by atoms with Crippen molar-refractivity contribution in [1.82, 2.24) is 4.72 Å². The Labute approximate surface area is 120 Å². The van der Waals surface area contributed by atoms with Crippen LogP contribution in [0.15, 0.2) is 34.1 Å². The van der Waals surface area contributed by atoms with Crippen molar-refractivity contribution in [2.45, 2.75) is 30.6 Å². The van der Waals surface area contributed by atoms with Gasteiger partial charge in [-0.3, -0.25) is 0 Å². The number of sulfonamides is 2. The molecule has 3 N–H and O–H groups in total. The Hall–Kier alpha value is -0.960. The van der Waals surface area contributed by atoms with Crippen LogP contribution in [0.3, 0.4) is 0 Å². The lowest BCUT2D eigenvalue weighted by Crippen LogP contribution is -2.30. The highest BCUT2D eigenvalue weighted by atomic mass is 32.2. The van der Waals surface area contributed by atoms with Crippen molar-refractivity contribution in [3.63, 3.8) is 0 Å². The van der Waals surface area contributed by atoms with Gasteiger partial charge in [-0.05, 0) is 36.1 Å². The molecule has 8 heteroatoms. The maximum absolute atomic E-state index is 12.0. The van der Waals surface area contributed by atoms with Crippen LogP contribution < -0.4 is 9.86 Å². The van der Waals surface area contributed by atoms with Gasteiger partial charge in [0.1, 0.15) is 0 Å². The highest BCUT2D eigenvalue weighted by Crippen LogP contribution is 2.14. The fraction of sp³-hybridized carbons (Fsp3) is 0.500. The molecular formula is C12H20N2O4S2. The number of benzene rings is 1. The lowest BCUT2D eigenvalue weighted by molar-refractivity contribution is 0.414. The van der Waals surface area contributed by atoms with Gasteiger partial charge in [-0.15, -0.1) is 0 Å². The molecule has 20 heavy (non-hydrogen) atoms. The maximum atomic E-state index is 12.0. The van der Waals surface area contributed by atoms with Crippen molar-refractivity contribution in [2.75, 3.05) is 6.54 Å². The quantitative estimate of drug-likeness (QED) is 0.812. The van der Waals surface area contributed by atoms with E-state index in [4.69, 9.17) is 5.14 Å². The molecule has 0 fully saturated rings. The van der Waals surface area contributed by atoms with E-state index in [-0.39, 0.29) is 15.7 Å². The predicted molar refractivity (Wildman–Crippen MR) is 77.0 cm³/mol. The van der Waals surface area contributed by atoms with E-state index in [0.29, 0.717) is 12.5 Å². The Morgan fingerprint density at radius 2 is 1.45 bits per heavy atom. The van der Waals surface area contributed by atoms with E-state index in [9.17, 15) is 16.8 Å². The molecule has 0 amide bonds. The molecule has 0 spiro atoms. The summed E-state index contributed by atoms with van der Waals surface area (Å²) in [6.07, 6.45) is 0. The van der Waals surface area contributed by atoms with E-state index >= 15 is 0 Å². The van der Waals surface area contributed by atoms with E-state index in [2.05, 4.69) is 4.72 Å². The average Bonchev–Trinajstić information content (AvgIpc) is 2.35. The summed E-state index contributed by atoms with van der Waals surface area (Å²) in [6.45, 7) is 6.31. The molecule has 0 radical (unpaired) electrons. The van der Waals surface area contributed by atoms with Crippen molar-refractivity contribution in [2.24, 2.45) is 17.0 Å². The number of primary sulfonamides is 1. The van der Waals surface area contributed by atoms with Gasteiger partial charge < -0.3 is 0 Å². The van der Waals surface area contributed by atoms with Crippen molar-refractivity contribution < 1.29 is 16.8 Å². The maximum Gasteiger partial charge on any atom is 0.240 e. The number of hydrogen-bond donors (Lipinski definition) is 2. The molecule has 0 heterocycles. The Morgan fingerprint density at radius 1 is 1.00 bits per heavy atom. The molecule has 1 aromatic rings. The first-order chi connectivity index (χ1) is 9.04. The zero-order valence-corrected chi connectivity index (χ0v) is 13.3. The number of rotatable bonds is 6. The van der Waals surface area contributed by atoms with Crippen molar-refractivity contribution >= 4 is 20.0 Å². The van der Waals surface area contributed by atoms with Gasteiger partial charge >= 0.3 is 0 Å². The topological polar surface area (TPSA) is 106 Å². The zero-order chi connectivity index (χ0) is 15.6. The normalized spacial score (nSPS) is 14.4. The molecule has 1 aromatic carbocycles. The van der Waals surface area contributed by atoms with E-state index in [0.717, 1.165) is 0 Å². The average molecular weight is 320 g/mol. The Morgan fingerprint density at radius 3 is 1.85 bits per heavy atom. The molecular weight excluding hydrogens is 300 g/mol. The molecule has 0 aliphatic rings. The van der Waals surface area contributed by atoms with Crippen LogP contribution in [0.5, 0.6) is 0 Å². The molecule has 0 aliphatic carbocycles. The summed E-state index contributed by atoms with van der Waals surface area (Å²) in [5.41, 5.74) is 0. The van der Waals surface area contributed by atoms with Gasteiger partial charge in [0.15, 0.2) is 0 Å². The van der Waals surface area contributed by atoms with Crippen LogP contribution in [0.1, 0.15) is 20.8 Å². The first kappa shape index (κ1) is 17.1. The van der Waals surface area contributed by atoms with Gasteiger partial charge in [-0.25, -0.2) is 26.7 Å². The Bertz CT molecular complexity index is 649. The summed E-state index contributed by atoms with van der Waals surface area (Å²) < 4.78 is 48.8. The van der Waals surface area contributed by atoms with E-state index in [1.165, 1.54) is 24.3 Å². The summed E-state index contributed by atoms with van der Waals surface area (Å²) >= 11 is 0. The molecule has 0 saturated carbocycles. The minimum Gasteiger partial charge on any atom is -0.225 e. The standard InChI is InChI=1S/C12H20N2O4S2/c1-9(2)10(3)8-14-20(17,18)12-6-4-11(5-7-12)19(13,15)16/h4-7,9-10,14H,8H2,1-3H3,(H2,13,15,16). The smallest absolute Gasteiger partial charge is 0.225 e. The second-order valence-corrected chi connectivity index (χ2v) is 8.42. The highest BCUT2D eigenvalue weighted by molar-refractivity contribution is 7.89. The molecule has 0 aromatic heterocycles. The number of nitrogens with two attached hydrogens (primary N) is 1. The number of hydrogen-bond acceptors (Lipinski definition) is 4. The number of nitrogens with one attached hydrogen (secondary N) is 1. The Kier molecular flexibility index (Phi) is 5.31. The van der Waals surface area contributed by atoms with Crippen LogP contribution >= 0.6 is 0 Å². The summed E-state index contributed by atoms with van der Waals surface area (Å²) in [5.74, 6) is 0.566. The lowest BCUT2D eigenvalue weighted by Gasteiger charge is -2.16. The zero-order valence-electron chi connectivity index (χ0n) is 11.7. The molecule has 0 saturated heterocycles.